The molecule has 0 spiro atoms. The average Bonchev–Trinajstić information content (AvgIpc) is 2.70. The molecule has 0 saturated carbocycles. The van der Waals surface area contributed by atoms with E-state index in [1.807, 2.05) is 6.92 Å². The van der Waals surface area contributed by atoms with E-state index in [-0.39, 0.29) is 11.3 Å². The number of ether oxygens (including phenoxy) is 1. The quantitative estimate of drug-likeness (QED) is 0.810. The molecule has 1 aromatic carbocycles. The number of methoxy groups -OCH3 is 1. The highest BCUT2D eigenvalue weighted by molar-refractivity contribution is 5.45. The van der Waals surface area contributed by atoms with E-state index in [0.29, 0.717) is 5.56 Å². The lowest BCUT2D eigenvalue weighted by molar-refractivity contribution is 0.343. The summed E-state index contributed by atoms with van der Waals surface area (Å²) in [5.41, 5.74) is 0.122. The van der Waals surface area contributed by atoms with Gasteiger partial charge in [-0.05, 0) is 32.4 Å². The van der Waals surface area contributed by atoms with Crippen molar-refractivity contribution in [1.82, 2.24) is 5.32 Å². The van der Waals surface area contributed by atoms with Crippen molar-refractivity contribution in [3.05, 3.63) is 23.5 Å². The van der Waals surface area contributed by atoms with Crippen LogP contribution in [-0.2, 0) is 5.54 Å². The van der Waals surface area contributed by atoms with Gasteiger partial charge in [0.05, 0.1) is 7.11 Å². The minimum absolute atomic E-state index is 0.169. The molecule has 1 aliphatic heterocycles. The molecular formula is C12H16FNO2. The van der Waals surface area contributed by atoms with E-state index in [0.717, 1.165) is 19.4 Å². The van der Waals surface area contributed by atoms with E-state index in [9.17, 15) is 9.50 Å². The molecule has 2 N–H and O–H groups in total. The third kappa shape index (κ3) is 1.63. The highest BCUT2D eigenvalue weighted by atomic mass is 19.1. The fourth-order valence-electron chi connectivity index (χ4n) is 2.26. The maximum Gasteiger partial charge on any atom is 0.194 e. The molecule has 1 heterocycles. The molecule has 16 heavy (non-hydrogen) atoms. The number of nitrogens with one attached hydrogen (secondary N) is 1. The van der Waals surface area contributed by atoms with Crippen molar-refractivity contribution in [2.24, 2.45) is 0 Å². The van der Waals surface area contributed by atoms with E-state index in [1.54, 1.807) is 12.1 Å². The first-order chi connectivity index (χ1) is 7.58. The van der Waals surface area contributed by atoms with Gasteiger partial charge < -0.3 is 15.2 Å². The number of halogens is 1. The molecule has 1 fully saturated rings. The van der Waals surface area contributed by atoms with E-state index in [2.05, 4.69) is 5.32 Å². The molecule has 0 amide bonds. The fourth-order valence-corrected chi connectivity index (χ4v) is 2.26. The Morgan fingerprint density at radius 3 is 2.81 bits per heavy atom. The lowest BCUT2D eigenvalue weighted by atomic mass is 9.90. The summed E-state index contributed by atoms with van der Waals surface area (Å²) in [5, 5.41) is 12.9. The van der Waals surface area contributed by atoms with Crippen LogP contribution in [0.2, 0.25) is 0 Å². The molecule has 0 aromatic heterocycles. The van der Waals surface area contributed by atoms with Crippen molar-refractivity contribution in [3.63, 3.8) is 0 Å². The summed E-state index contributed by atoms with van der Waals surface area (Å²) in [4.78, 5) is 0. The molecule has 1 unspecified atom stereocenters. The number of hydrogen-bond donors (Lipinski definition) is 2. The molecular weight excluding hydrogens is 209 g/mol. The van der Waals surface area contributed by atoms with Crippen LogP contribution in [0.15, 0.2) is 12.1 Å². The first-order valence-corrected chi connectivity index (χ1v) is 5.39. The van der Waals surface area contributed by atoms with Gasteiger partial charge in [0.1, 0.15) is 0 Å². The lowest BCUT2D eigenvalue weighted by Gasteiger charge is -2.26. The Kier molecular flexibility index (Phi) is 2.76. The molecule has 0 bridgehead atoms. The molecule has 1 aliphatic rings. The van der Waals surface area contributed by atoms with Gasteiger partial charge in [-0.15, -0.1) is 0 Å². The Bertz CT molecular complexity index is 400. The SMILES string of the molecule is COc1ccc(C2(C)CCCN2)c(F)c1O. The van der Waals surface area contributed by atoms with Gasteiger partial charge in [0.15, 0.2) is 17.3 Å². The van der Waals surface area contributed by atoms with Crippen LogP contribution in [-0.4, -0.2) is 18.8 Å². The van der Waals surface area contributed by atoms with Crippen molar-refractivity contribution in [2.45, 2.75) is 25.3 Å². The number of aromatic hydroxyl groups is 1. The maximum atomic E-state index is 14.0. The van der Waals surface area contributed by atoms with Crippen LogP contribution in [0.3, 0.4) is 0 Å². The monoisotopic (exact) mass is 225 g/mol. The number of benzene rings is 1. The molecule has 88 valence electrons. The lowest BCUT2D eigenvalue weighted by Crippen LogP contribution is -2.34. The van der Waals surface area contributed by atoms with Gasteiger partial charge in [-0.2, -0.15) is 0 Å². The van der Waals surface area contributed by atoms with E-state index in [4.69, 9.17) is 4.74 Å². The smallest absolute Gasteiger partial charge is 0.194 e. The van der Waals surface area contributed by atoms with Gasteiger partial charge in [0.25, 0.3) is 0 Å². The first kappa shape index (κ1) is 11.2. The summed E-state index contributed by atoms with van der Waals surface area (Å²) in [7, 11) is 1.41. The molecule has 1 aromatic rings. The number of phenols is 1. The van der Waals surface area contributed by atoms with E-state index >= 15 is 0 Å². The Morgan fingerprint density at radius 1 is 1.50 bits per heavy atom. The summed E-state index contributed by atoms with van der Waals surface area (Å²) < 4.78 is 18.8. The molecule has 4 heteroatoms. The highest BCUT2D eigenvalue weighted by Crippen LogP contribution is 2.38. The van der Waals surface area contributed by atoms with Crippen LogP contribution in [0.5, 0.6) is 11.5 Å². The van der Waals surface area contributed by atoms with Gasteiger partial charge >= 0.3 is 0 Å². The molecule has 1 atom stereocenters. The van der Waals surface area contributed by atoms with Gasteiger partial charge in [-0.25, -0.2) is 4.39 Å². The molecule has 2 rings (SSSR count). The minimum atomic E-state index is -0.587. The molecule has 3 nitrogen and oxygen atoms in total. The third-order valence-electron chi connectivity index (χ3n) is 3.26. The van der Waals surface area contributed by atoms with Crippen molar-refractivity contribution < 1.29 is 14.2 Å². The Labute approximate surface area is 94.2 Å². The van der Waals surface area contributed by atoms with Crippen molar-refractivity contribution in [2.75, 3.05) is 13.7 Å². The Balaban J connectivity index is 2.46. The summed E-state index contributed by atoms with van der Waals surface area (Å²) in [5.74, 6) is -0.825. The topological polar surface area (TPSA) is 41.5 Å². The standard InChI is InChI=1S/C12H16FNO2/c1-12(6-3-7-14-12)8-4-5-9(16-2)11(15)10(8)13/h4-5,14-15H,3,6-7H2,1-2H3. The largest absolute Gasteiger partial charge is 0.502 e. The van der Waals surface area contributed by atoms with E-state index in [1.165, 1.54) is 7.11 Å². The number of phenolic OH excluding ortho intramolecular Hbond substituents is 1. The third-order valence-corrected chi connectivity index (χ3v) is 3.26. The predicted molar refractivity (Wildman–Crippen MR) is 59.2 cm³/mol. The fraction of sp³-hybridized carbons (Fsp3) is 0.500. The number of rotatable bonds is 2. The normalized spacial score (nSPS) is 24.7. The number of hydrogen-bond acceptors (Lipinski definition) is 3. The molecule has 0 aliphatic carbocycles. The summed E-state index contributed by atoms with van der Waals surface area (Å²) in [6, 6.07) is 3.27. The van der Waals surface area contributed by atoms with Gasteiger partial charge in [-0.1, -0.05) is 6.07 Å². The summed E-state index contributed by atoms with van der Waals surface area (Å²) in [6.07, 6.45) is 1.89. The highest BCUT2D eigenvalue weighted by Gasteiger charge is 2.34. The molecule has 1 saturated heterocycles. The Morgan fingerprint density at radius 2 is 2.25 bits per heavy atom. The van der Waals surface area contributed by atoms with E-state index < -0.39 is 11.6 Å². The van der Waals surface area contributed by atoms with Gasteiger partial charge in [0.2, 0.25) is 0 Å². The van der Waals surface area contributed by atoms with Crippen molar-refractivity contribution in [1.29, 1.82) is 0 Å². The van der Waals surface area contributed by atoms with Gasteiger partial charge in [-0.3, -0.25) is 0 Å². The van der Waals surface area contributed by atoms with Crippen LogP contribution in [0.1, 0.15) is 25.3 Å². The predicted octanol–water partition coefficient (Wildman–Crippen LogP) is 2.14. The van der Waals surface area contributed by atoms with Crippen LogP contribution in [0.25, 0.3) is 0 Å². The zero-order valence-electron chi connectivity index (χ0n) is 9.51. The second-order valence-electron chi connectivity index (χ2n) is 4.34. The first-order valence-electron chi connectivity index (χ1n) is 5.39. The van der Waals surface area contributed by atoms with Crippen LogP contribution >= 0.6 is 0 Å². The van der Waals surface area contributed by atoms with Gasteiger partial charge in [0, 0.05) is 11.1 Å². The minimum Gasteiger partial charge on any atom is -0.502 e. The van der Waals surface area contributed by atoms with Crippen LogP contribution < -0.4 is 10.1 Å². The second kappa shape index (κ2) is 3.94. The second-order valence-corrected chi connectivity index (χ2v) is 4.34. The average molecular weight is 225 g/mol. The maximum absolute atomic E-state index is 14.0. The molecule has 0 radical (unpaired) electrons. The van der Waals surface area contributed by atoms with Crippen molar-refractivity contribution >= 4 is 0 Å². The summed E-state index contributed by atoms with van der Waals surface area (Å²) >= 11 is 0. The Hall–Kier alpha value is -1.29. The summed E-state index contributed by atoms with van der Waals surface area (Å²) in [6.45, 7) is 2.83. The van der Waals surface area contributed by atoms with Crippen LogP contribution in [0.4, 0.5) is 4.39 Å². The zero-order chi connectivity index (χ0) is 11.8. The van der Waals surface area contributed by atoms with Crippen molar-refractivity contribution in [3.8, 4) is 11.5 Å². The zero-order valence-corrected chi connectivity index (χ0v) is 9.51. The van der Waals surface area contributed by atoms with Crippen LogP contribution in [0, 0.1) is 5.82 Å².